The molecule has 3 aliphatic rings. The van der Waals surface area contributed by atoms with Crippen LogP contribution in [0, 0.1) is 29.4 Å². The second-order valence-corrected chi connectivity index (χ2v) is 21.6. The highest BCUT2D eigenvalue weighted by atomic mass is 19.1. The molecule has 22 nitrogen and oxygen atoms in total. The third-order valence-electron chi connectivity index (χ3n) is 14.9. The number of imidazole rings is 1. The number of carbonyl (C=O) groups excluding carboxylic acids is 8. The molecular weight excluding hydrogens is 1100 g/mol. The van der Waals surface area contributed by atoms with E-state index < -0.39 is 83.7 Å². The molecule has 25 heteroatoms. The second-order valence-electron chi connectivity index (χ2n) is 21.6. The first-order chi connectivity index (χ1) is 40.1. The lowest BCUT2D eigenvalue weighted by Crippen LogP contribution is -2.54. The number of aliphatic hydroxyl groups excluding tert-OH is 1. The number of nitrogens with zero attached hydrogens (tertiary/aromatic N) is 5. The highest BCUT2D eigenvalue weighted by Gasteiger charge is 2.44. The van der Waals surface area contributed by atoms with Crippen molar-refractivity contribution in [2.24, 2.45) is 23.5 Å². The molecule has 7 rings (SSSR count). The van der Waals surface area contributed by atoms with Gasteiger partial charge in [-0.15, -0.1) is 0 Å². The van der Waals surface area contributed by atoms with E-state index in [0.717, 1.165) is 23.1 Å². The van der Waals surface area contributed by atoms with Crippen molar-refractivity contribution in [3.05, 3.63) is 114 Å². The Morgan fingerprint density at radius 2 is 1.61 bits per heavy atom. The predicted octanol–water partition coefficient (Wildman–Crippen LogP) is 5.36. The fourth-order valence-electron chi connectivity index (χ4n) is 10.5. The van der Waals surface area contributed by atoms with Crippen molar-refractivity contribution in [1.82, 2.24) is 40.2 Å². The Labute approximate surface area is 484 Å². The summed E-state index contributed by atoms with van der Waals surface area (Å²) in [6.07, 6.45) is 2.57. The van der Waals surface area contributed by atoms with Crippen LogP contribution < -0.4 is 27.0 Å². The van der Waals surface area contributed by atoms with E-state index in [1.807, 2.05) is 0 Å². The molecule has 3 aliphatic heterocycles. The van der Waals surface area contributed by atoms with Gasteiger partial charge in [-0.2, -0.15) is 0 Å². The van der Waals surface area contributed by atoms with Gasteiger partial charge in [0.15, 0.2) is 0 Å². The standard InChI is InChI=1S/C59H73F3N10O12/c1-35(2)52(68-49(75)12-5-4-6-24-71-50(76)19-20-51(71)77)56(79)67-47(11-8-23-64-58(63)81)55(78)65-42-16-13-37(14-17-42)34-84-59(82)70-30-40(46(62)32-70)31-72(57(80)36(3)73)53(39-21-25-83-26-22-39)54-66-48(44-28-41(60)15-18-45(44)61)33-69(54)29-38-9-7-10-43(74)27-38/h7,9-10,13-20,27-28,33,35-36,39-40,46-47,52-53,73-74H,4-6,8,11-12,21-26,29-32,34H2,1-3H3,(H,65,78)(H,67,79)(H,68,75)(H3,63,64,81)/t36-,40-,46-,47-,52-,53+/m0/s1. The minimum atomic E-state index is -1.65. The molecule has 0 saturated carbocycles. The number of imide groups is 1. The number of hydrogen-bond donors (Lipinski definition) is 7. The first kappa shape index (κ1) is 63.3. The van der Waals surface area contributed by atoms with Crippen molar-refractivity contribution >= 4 is 53.3 Å². The van der Waals surface area contributed by atoms with E-state index >= 15 is 8.78 Å². The molecule has 4 aromatic rings. The van der Waals surface area contributed by atoms with E-state index in [2.05, 4.69) is 21.3 Å². The molecule has 0 unspecified atom stereocenters. The Kier molecular flexibility index (Phi) is 22.4. The van der Waals surface area contributed by atoms with Crippen LogP contribution in [0.25, 0.3) is 11.3 Å². The lowest BCUT2D eigenvalue weighted by Gasteiger charge is -2.40. The molecular formula is C59H73F3N10O12. The number of unbranched alkanes of at least 4 members (excludes halogenated alkanes) is 2. The molecule has 0 spiro atoms. The number of ether oxygens (including phenoxy) is 2. The van der Waals surface area contributed by atoms with Crippen molar-refractivity contribution in [1.29, 1.82) is 0 Å². The molecule has 0 aliphatic carbocycles. The molecule has 1 aromatic heterocycles. The van der Waals surface area contributed by atoms with Crippen molar-refractivity contribution in [3.63, 3.8) is 0 Å². The van der Waals surface area contributed by atoms with Gasteiger partial charge in [0.25, 0.3) is 17.7 Å². The molecule has 3 aromatic carbocycles. The lowest BCUT2D eigenvalue weighted by atomic mass is 9.88. The number of alkyl halides is 1. The number of likely N-dealkylation sites (tertiary alicyclic amines) is 1. The minimum Gasteiger partial charge on any atom is -0.508 e. The zero-order chi connectivity index (χ0) is 60.6. The van der Waals surface area contributed by atoms with Gasteiger partial charge < -0.3 is 61.1 Å². The van der Waals surface area contributed by atoms with Crippen LogP contribution in [-0.2, 0) is 51.4 Å². The van der Waals surface area contributed by atoms with E-state index in [0.29, 0.717) is 62.1 Å². The largest absolute Gasteiger partial charge is 0.508 e. The number of phenolic OH excluding ortho intramolecular Hbond substituents is 1. The summed E-state index contributed by atoms with van der Waals surface area (Å²) in [6.45, 7) is 4.67. The number of carbonyl (C=O) groups is 8. The molecule has 4 heterocycles. The van der Waals surface area contributed by atoms with Gasteiger partial charge in [-0.1, -0.05) is 44.5 Å². The van der Waals surface area contributed by atoms with Gasteiger partial charge >= 0.3 is 12.1 Å². The fraction of sp³-hybridized carbons (Fsp3) is 0.475. The third-order valence-corrected chi connectivity index (χ3v) is 14.9. The van der Waals surface area contributed by atoms with Crippen molar-refractivity contribution in [3.8, 4) is 17.0 Å². The number of halogens is 3. The maximum absolute atomic E-state index is 16.3. The van der Waals surface area contributed by atoms with Crippen LogP contribution in [0.3, 0.4) is 0 Å². The second kappa shape index (κ2) is 29.8. The van der Waals surface area contributed by atoms with Crippen LogP contribution in [0.2, 0.25) is 0 Å². The average molecular weight is 1170 g/mol. The highest BCUT2D eigenvalue weighted by molar-refractivity contribution is 6.12. The fourth-order valence-corrected chi connectivity index (χ4v) is 10.5. The van der Waals surface area contributed by atoms with Crippen molar-refractivity contribution in [2.45, 2.75) is 116 Å². The number of nitrogens with one attached hydrogen (secondary N) is 4. The summed E-state index contributed by atoms with van der Waals surface area (Å²) in [4.78, 5) is 112. The summed E-state index contributed by atoms with van der Waals surface area (Å²) in [7, 11) is 0. The first-order valence-electron chi connectivity index (χ1n) is 28.1. The van der Waals surface area contributed by atoms with Gasteiger partial charge in [-0.3, -0.25) is 33.7 Å². The summed E-state index contributed by atoms with van der Waals surface area (Å²) in [6, 6.07) is 11.7. The van der Waals surface area contributed by atoms with E-state index in [9.17, 15) is 53.0 Å². The van der Waals surface area contributed by atoms with E-state index in [-0.39, 0.29) is 112 Å². The van der Waals surface area contributed by atoms with Crippen LogP contribution in [0.5, 0.6) is 5.75 Å². The number of amides is 9. The van der Waals surface area contributed by atoms with Gasteiger partial charge in [0.1, 0.15) is 54.2 Å². The Bertz CT molecular complexity index is 3010. The summed E-state index contributed by atoms with van der Waals surface area (Å²) >= 11 is 0. The smallest absolute Gasteiger partial charge is 0.410 e. The van der Waals surface area contributed by atoms with Crippen LogP contribution >= 0.6 is 0 Å². The summed E-state index contributed by atoms with van der Waals surface area (Å²) in [5, 5.41) is 31.9. The lowest BCUT2D eigenvalue weighted by molar-refractivity contribution is -0.145. The van der Waals surface area contributed by atoms with Crippen LogP contribution in [0.1, 0.15) is 95.1 Å². The SMILES string of the molecule is CC(C)[C@H](NC(=O)CCCCCN1C(=O)C=CC1=O)C(=O)N[C@@H](CCCNC(N)=O)C(=O)Nc1ccc(COC(=O)N2C[C@@H](CN(C(=O)[C@H](C)O)[C@@H](c3nc(-c4cc(F)ccc4F)cn3Cc3cccc(O)c3)C3CCOCC3)[C@@H](F)C2)cc1. The molecule has 8 N–H and O–H groups in total. The number of phenols is 1. The average Bonchev–Trinajstić information content (AvgIpc) is 4.05. The number of anilines is 1. The molecule has 9 amide bonds. The number of aromatic hydroxyl groups is 1. The molecule has 2 fully saturated rings. The predicted molar refractivity (Wildman–Crippen MR) is 300 cm³/mol. The van der Waals surface area contributed by atoms with Gasteiger partial charge in [-0.25, -0.2) is 27.7 Å². The number of aromatic nitrogens is 2. The summed E-state index contributed by atoms with van der Waals surface area (Å²) in [5.74, 6) is -6.13. The van der Waals surface area contributed by atoms with Gasteiger partial charge in [-0.05, 0) is 111 Å². The van der Waals surface area contributed by atoms with Gasteiger partial charge in [0.05, 0.1) is 18.3 Å². The van der Waals surface area contributed by atoms with Gasteiger partial charge in [0.2, 0.25) is 17.7 Å². The summed E-state index contributed by atoms with van der Waals surface area (Å²) in [5.41, 5.74) is 6.54. The number of aliphatic hydroxyl groups is 1. The van der Waals surface area contributed by atoms with Crippen LogP contribution in [0.4, 0.5) is 28.4 Å². The van der Waals surface area contributed by atoms with Crippen LogP contribution in [-0.4, -0.2) is 152 Å². The third kappa shape index (κ3) is 17.4. The first-order valence-corrected chi connectivity index (χ1v) is 28.1. The molecule has 0 radical (unpaired) electrons. The number of benzene rings is 3. The number of urea groups is 1. The van der Waals surface area contributed by atoms with Crippen molar-refractivity contribution in [2.75, 3.05) is 51.3 Å². The number of primary amides is 1. The zero-order valence-electron chi connectivity index (χ0n) is 47.1. The number of hydrogen-bond acceptors (Lipinski definition) is 13. The zero-order valence-corrected chi connectivity index (χ0v) is 47.1. The van der Waals surface area contributed by atoms with E-state index in [1.165, 1.54) is 47.2 Å². The van der Waals surface area contributed by atoms with E-state index in [1.54, 1.807) is 54.8 Å². The normalized spacial score (nSPS) is 17.6. The Morgan fingerprint density at radius 3 is 2.29 bits per heavy atom. The van der Waals surface area contributed by atoms with E-state index in [4.69, 9.17) is 20.2 Å². The maximum Gasteiger partial charge on any atom is 0.410 e. The number of nitrogens with two attached hydrogens (primary N) is 1. The highest BCUT2D eigenvalue weighted by Crippen LogP contribution is 2.39. The minimum absolute atomic E-state index is 0.0210. The molecule has 6 atom stereocenters. The number of rotatable bonds is 27. The Morgan fingerprint density at radius 1 is 0.881 bits per heavy atom. The molecule has 84 heavy (non-hydrogen) atoms. The quantitative estimate of drug-likeness (QED) is 0.0293. The summed E-state index contributed by atoms with van der Waals surface area (Å²) < 4.78 is 59.3. The van der Waals surface area contributed by atoms with Crippen molar-refractivity contribution < 1.29 is 71.2 Å². The van der Waals surface area contributed by atoms with Gasteiger partial charge in [0, 0.05) is 87.9 Å². The topological polar surface area (TPSA) is 297 Å². The monoisotopic (exact) mass is 1170 g/mol. The van der Waals surface area contributed by atoms with Crippen LogP contribution in [0.15, 0.2) is 85.1 Å². The Balaban J connectivity index is 0.983. The molecule has 0 bridgehead atoms. The molecule has 452 valence electrons. The molecule has 2 saturated heterocycles. The Hall–Kier alpha value is -8.32. The maximum atomic E-state index is 16.3.